The fourth-order valence-electron chi connectivity index (χ4n) is 2.32. The zero-order valence-electron chi connectivity index (χ0n) is 14.6. The number of hydrogen-bond acceptors (Lipinski definition) is 6. The summed E-state index contributed by atoms with van der Waals surface area (Å²) < 4.78 is 10.8. The molecule has 0 saturated carbocycles. The maximum atomic E-state index is 12.0. The van der Waals surface area contributed by atoms with Crippen molar-refractivity contribution in [3.8, 4) is 11.5 Å². The molecule has 6 heteroatoms. The number of aryl methyl sites for hydroxylation is 2. The molecule has 0 aliphatic heterocycles. The summed E-state index contributed by atoms with van der Waals surface area (Å²) in [5.74, 6) is 1.26. The maximum Gasteiger partial charge on any atom is 0.349 e. The van der Waals surface area contributed by atoms with Gasteiger partial charge in [0, 0.05) is 23.5 Å². The van der Waals surface area contributed by atoms with E-state index < -0.39 is 5.97 Å². The van der Waals surface area contributed by atoms with E-state index in [-0.39, 0.29) is 6.61 Å². The van der Waals surface area contributed by atoms with E-state index in [9.17, 15) is 4.79 Å². The van der Waals surface area contributed by atoms with Gasteiger partial charge in [-0.2, -0.15) is 0 Å². The summed E-state index contributed by atoms with van der Waals surface area (Å²) in [5.41, 5.74) is 2.68. The number of carbonyl (C=O) groups excluding carboxylic acids is 1. The van der Waals surface area contributed by atoms with E-state index in [0.717, 1.165) is 16.9 Å². The van der Waals surface area contributed by atoms with Crippen molar-refractivity contribution in [2.24, 2.45) is 0 Å². The van der Waals surface area contributed by atoms with Gasteiger partial charge in [-0.15, -0.1) is 0 Å². The van der Waals surface area contributed by atoms with Gasteiger partial charge in [-0.25, -0.2) is 14.8 Å². The number of anilines is 2. The Hall–Kier alpha value is -3.41. The van der Waals surface area contributed by atoms with Crippen LogP contribution in [-0.2, 0) is 4.79 Å². The Labute approximate surface area is 151 Å². The molecule has 26 heavy (non-hydrogen) atoms. The number of aromatic nitrogens is 2. The summed E-state index contributed by atoms with van der Waals surface area (Å²) >= 11 is 0. The predicted molar refractivity (Wildman–Crippen MR) is 98.8 cm³/mol. The topological polar surface area (TPSA) is 73.3 Å². The zero-order chi connectivity index (χ0) is 18.4. The molecule has 1 heterocycles. The van der Waals surface area contributed by atoms with Crippen molar-refractivity contribution < 1.29 is 14.3 Å². The van der Waals surface area contributed by atoms with Crippen molar-refractivity contribution in [3.05, 3.63) is 72.2 Å². The lowest BCUT2D eigenvalue weighted by Crippen LogP contribution is -2.17. The Morgan fingerprint density at radius 3 is 2.62 bits per heavy atom. The average Bonchev–Trinajstić information content (AvgIpc) is 2.60. The molecule has 0 amide bonds. The molecule has 0 saturated heterocycles. The number of ether oxygens (including phenoxy) is 2. The van der Waals surface area contributed by atoms with Crippen LogP contribution in [0.5, 0.6) is 11.5 Å². The number of benzene rings is 2. The second-order valence-electron chi connectivity index (χ2n) is 5.78. The fourth-order valence-corrected chi connectivity index (χ4v) is 2.32. The highest BCUT2D eigenvalue weighted by molar-refractivity contribution is 5.74. The van der Waals surface area contributed by atoms with Crippen molar-refractivity contribution in [2.45, 2.75) is 13.8 Å². The van der Waals surface area contributed by atoms with Crippen LogP contribution >= 0.6 is 0 Å². The van der Waals surface area contributed by atoms with E-state index in [1.807, 2.05) is 44.2 Å². The number of rotatable bonds is 6. The third kappa shape index (κ3) is 5.04. The van der Waals surface area contributed by atoms with Gasteiger partial charge >= 0.3 is 5.97 Å². The van der Waals surface area contributed by atoms with Crippen molar-refractivity contribution in [1.29, 1.82) is 0 Å². The molecule has 0 spiro atoms. The molecule has 3 rings (SSSR count). The number of nitrogens with one attached hydrogen (secondary N) is 1. The van der Waals surface area contributed by atoms with Crippen molar-refractivity contribution in [2.75, 3.05) is 11.9 Å². The first kappa shape index (κ1) is 17.4. The molecule has 0 aliphatic rings. The fraction of sp³-hybridized carbons (Fsp3) is 0.150. The van der Waals surface area contributed by atoms with E-state index in [2.05, 4.69) is 15.3 Å². The lowest BCUT2D eigenvalue weighted by Gasteiger charge is -2.09. The highest BCUT2D eigenvalue weighted by atomic mass is 16.6. The minimum Gasteiger partial charge on any atom is -0.482 e. The van der Waals surface area contributed by atoms with E-state index in [4.69, 9.17) is 9.47 Å². The lowest BCUT2D eigenvalue weighted by atomic mass is 10.2. The third-order valence-electron chi connectivity index (χ3n) is 3.49. The average molecular weight is 349 g/mol. The van der Waals surface area contributed by atoms with Crippen LogP contribution in [0.15, 0.2) is 60.9 Å². The Bertz CT molecular complexity index is 912. The van der Waals surface area contributed by atoms with E-state index in [1.54, 1.807) is 24.3 Å². The minimum absolute atomic E-state index is 0.161. The molecule has 0 fully saturated rings. The summed E-state index contributed by atoms with van der Waals surface area (Å²) in [6, 6.07) is 16.4. The largest absolute Gasteiger partial charge is 0.482 e. The molecule has 0 unspecified atom stereocenters. The van der Waals surface area contributed by atoms with Gasteiger partial charge in [0.15, 0.2) is 6.61 Å². The summed E-state index contributed by atoms with van der Waals surface area (Å²) in [6.07, 6.45) is 1.49. The summed E-state index contributed by atoms with van der Waals surface area (Å²) in [4.78, 5) is 20.2. The number of esters is 1. The smallest absolute Gasteiger partial charge is 0.349 e. The van der Waals surface area contributed by atoms with Gasteiger partial charge < -0.3 is 14.8 Å². The molecule has 132 valence electrons. The van der Waals surface area contributed by atoms with Crippen LogP contribution in [0.1, 0.15) is 11.3 Å². The highest BCUT2D eigenvalue weighted by Crippen LogP contribution is 2.21. The lowest BCUT2D eigenvalue weighted by molar-refractivity contribution is -0.136. The molecular weight excluding hydrogens is 330 g/mol. The van der Waals surface area contributed by atoms with E-state index >= 15 is 0 Å². The van der Waals surface area contributed by atoms with Crippen molar-refractivity contribution >= 4 is 17.5 Å². The quantitative estimate of drug-likeness (QED) is 0.539. The van der Waals surface area contributed by atoms with Crippen LogP contribution in [0.25, 0.3) is 0 Å². The Morgan fingerprint density at radius 1 is 1.00 bits per heavy atom. The van der Waals surface area contributed by atoms with Crippen LogP contribution < -0.4 is 14.8 Å². The summed E-state index contributed by atoms with van der Waals surface area (Å²) in [7, 11) is 0. The Kier molecular flexibility index (Phi) is 5.43. The van der Waals surface area contributed by atoms with E-state index in [1.165, 1.54) is 6.33 Å². The second kappa shape index (κ2) is 8.11. The zero-order valence-corrected chi connectivity index (χ0v) is 14.6. The number of nitrogens with zero attached hydrogens (tertiary/aromatic N) is 2. The van der Waals surface area contributed by atoms with Crippen LogP contribution in [-0.4, -0.2) is 22.5 Å². The van der Waals surface area contributed by atoms with Crippen LogP contribution in [0.4, 0.5) is 11.5 Å². The van der Waals surface area contributed by atoms with Crippen LogP contribution in [0, 0.1) is 13.8 Å². The van der Waals surface area contributed by atoms with Crippen LogP contribution in [0.2, 0.25) is 0 Å². The van der Waals surface area contributed by atoms with Gasteiger partial charge in [-0.05, 0) is 43.7 Å². The summed E-state index contributed by atoms with van der Waals surface area (Å²) in [6.45, 7) is 3.69. The molecule has 1 N–H and O–H groups in total. The molecule has 6 nitrogen and oxygen atoms in total. The SMILES string of the molecule is Cc1cccc(OCC(=O)Oc2cccc(Nc3cc(C)ncn3)c2)c1. The van der Waals surface area contributed by atoms with Gasteiger partial charge in [-0.3, -0.25) is 0 Å². The predicted octanol–water partition coefficient (Wildman–Crippen LogP) is 3.82. The molecule has 2 aromatic carbocycles. The number of hydrogen-bond donors (Lipinski definition) is 1. The molecular formula is C20H19N3O3. The first-order valence-electron chi connectivity index (χ1n) is 8.14. The molecule has 0 atom stereocenters. The second-order valence-corrected chi connectivity index (χ2v) is 5.78. The standard InChI is InChI=1S/C20H19N3O3/c1-14-5-3-7-17(9-14)25-12-20(24)26-18-8-4-6-16(11-18)23-19-10-15(2)21-13-22-19/h3-11,13H,12H2,1-2H3,(H,21,22,23). The molecule has 1 aromatic heterocycles. The number of carbonyl (C=O) groups is 1. The first-order valence-corrected chi connectivity index (χ1v) is 8.14. The molecule has 3 aromatic rings. The van der Waals surface area contributed by atoms with Gasteiger partial charge in [0.1, 0.15) is 23.6 Å². The molecule has 0 bridgehead atoms. The Balaban J connectivity index is 1.58. The van der Waals surface area contributed by atoms with Gasteiger partial charge in [0.05, 0.1) is 0 Å². The third-order valence-corrected chi connectivity index (χ3v) is 3.49. The van der Waals surface area contributed by atoms with E-state index in [0.29, 0.717) is 17.3 Å². The van der Waals surface area contributed by atoms with Crippen molar-refractivity contribution in [1.82, 2.24) is 9.97 Å². The summed E-state index contributed by atoms with van der Waals surface area (Å²) in [5, 5.41) is 3.15. The van der Waals surface area contributed by atoms with Crippen LogP contribution in [0.3, 0.4) is 0 Å². The van der Waals surface area contributed by atoms with Gasteiger partial charge in [-0.1, -0.05) is 18.2 Å². The van der Waals surface area contributed by atoms with Gasteiger partial charge in [0.25, 0.3) is 0 Å². The molecule has 0 aliphatic carbocycles. The first-order chi connectivity index (χ1) is 12.6. The monoisotopic (exact) mass is 349 g/mol. The maximum absolute atomic E-state index is 12.0. The molecule has 0 radical (unpaired) electrons. The Morgan fingerprint density at radius 2 is 1.81 bits per heavy atom. The van der Waals surface area contributed by atoms with Crippen molar-refractivity contribution in [3.63, 3.8) is 0 Å². The highest BCUT2D eigenvalue weighted by Gasteiger charge is 2.07. The minimum atomic E-state index is -0.471. The van der Waals surface area contributed by atoms with Gasteiger partial charge in [0.2, 0.25) is 0 Å². The normalized spacial score (nSPS) is 10.2.